The molecule has 0 heterocycles. The smallest absolute Gasteiger partial charge is 0.261 e. The van der Waals surface area contributed by atoms with Gasteiger partial charge < -0.3 is 10.1 Å². The van der Waals surface area contributed by atoms with Crippen LogP contribution in [0.5, 0.6) is 5.75 Å². The largest absolute Gasteiger partial charge is 0.497 e. The van der Waals surface area contributed by atoms with Crippen LogP contribution in [0.15, 0.2) is 71.6 Å². The van der Waals surface area contributed by atoms with Gasteiger partial charge in [0.1, 0.15) is 5.75 Å². The summed E-state index contributed by atoms with van der Waals surface area (Å²) < 4.78 is 58.4. The molecule has 9 heteroatoms. The molecule has 150 valence electrons. The van der Waals surface area contributed by atoms with Gasteiger partial charge in [0, 0.05) is 23.0 Å². The summed E-state index contributed by atoms with van der Waals surface area (Å²) in [5, 5.41) is 2.43. The maximum absolute atomic E-state index is 13.2. The molecule has 0 aliphatic heterocycles. The number of amides is 1. The number of halogens is 2. The summed E-state index contributed by atoms with van der Waals surface area (Å²) in [5.41, 5.74) is 0.561. The molecule has 0 aliphatic rings. The van der Waals surface area contributed by atoms with Crippen molar-refractivity contribution in [3.8, 4) is 5.75 Å². The molecule has 1 amide bonds. The Hall–Kier alpha value is -3.46. The first kappa shape index (κ1) is 20.3. The van der Waals surface area contributed by atoms with Crippen LogP contribution in [0, 0.1) is 11.6 Å². The zero-order chi connectivity index (χ0) is 21.0. The van der Waals surface area contributed by atoms with Gasteiger partial charge in [-0.3, -0.25) is 9.52 Å². The van der Waals surface area contributed by atoms with Crippen molar-refractivity contribution in [1.29, 1.82) is 0 Å². The van der Waals surface area contributed by atoms with E-state index in [1.165, 1.54) is 61.7 Å². The number of hydrogen-bond donors (Lipinski definition) is 2. The van der Waals surface area contributed by atoms with Crippen LogP contribution in [-0.2, 0) is 10.0 Å². The monoisotopic (exact) mass is 418 g/mol. The van der Waals surface area contributed by atoms with Crippen molar-refractivity contribution < 1.29 is 26.7 Å². The third-order valence-electron chi connectivity index (χ3n) is 3.95. The third kappa shape index (κ3) is 4.88. The van der Waals surface area contributed by atoms with Gasteiger partial charge in [-0.15, -0.1) is 0 Å². The van der Waals surface area contributed by atoms with E-state index in [0.717, 1.165) is 12.1 Å². The first-order valence-corrected chi connectivity index (χ1v) is 9.80. The minimum absolute atomic E-state index is 0.0541. The number of carbonyl (C=O) groups is 1. The van der Waals surface area contributed by atoms with Gasteiger partial charge in [-0.25, -0.2) is 17.2 Å². The van der Waals surface area contributed by atoms with E-state index in [0.29, 0.717) is 5.75 Å². The highest BCUT2D eigenvalue weighted by Crippen LogP contribution is 2.20. The van der Waals surface area contributed by atoms with Gasteiger partial charge in [-0.1, -0.05) is 0 Å². The van der Waals surface area contributed by atoms with Crippen LogP contribution in [0.1, 0.15) is 10.4 Å². The summed E-state index contributed by atoms with van der Waals surface area (Å²) in [5.74, 6) is -2.12. The fraction of sp³-hybridized carbons (Fsp3) is 0.0500. The zero-order valence-electron chi connectivity index (χ0n) is 15.1. The standard InChI is InChI=1S/C20H16F2N2O4S/c1-28-16-7-9-17(10-8-16)29(26,27)24-14-4-2-13(3-5-14)20(25)23-15-6-11-18(21)19(22)12-15/h2-12,24H,1H3,(H,23,25). The first-order valence-electron chi connectivity index (χ1n) is 8.32. The molecule has 0 bridgehead atoms. The molecule has 0 saturated heterocycles. The average Bonchev–Trinajstić information content (AvgIpc) is 2.71. The summed E-state index contributed by atoms with van der Waals surface area (Å²) >= 11 is 0. The topological polar surface area (TPSA) is 84.5 Å². The van der Waals surface area contributed by atoms with Crippen LogP contribution in [0.2, 0.25) is 0 Å². The quantitative estimate of drug-likeness (QED) is 0.633. The molecular weight excluding hydrogens is 402 g/mol. The predicted octanol–water partition coefficient (Wildman–Crippen LogP) is 4.03. The van der Waals surface area contributed by atoms with Crippen molar-refractivity contribution in [1.82, 2.24) is 0 Å². The molecule has 3 rings (SSSR count). The number of anilines is 2. The van der Waals surface area contributed by atoms with E-state index in [4.69, 9.17) is 4.74 Å². The van der Waals surface area contributed by atoms with Gasteiger partial charge >= 0.3 is 0 Å². The van der Waals surface area contributed by atoms with Crippen LogP contribution >= 0.6 is 0 Å². The fourth-order valence-electron chi connectivity index (χ4n) is 2.44. The van der Waals surface area contributed by atoms with Crippen LogP contribution in [0.3, 0.4) is 0 Å². The molecule has 0 unspecified atom stereocenters. The molecule has 0 saturated carbocycles. The van der Waals surface area contributed by atoms with Gasteiger partial charge in [0.05, 0.1) is 12.0 Å². The minimum Gasteiger partial charge on any atom is -0.497 e. The van der Waals surface area contributed by atoms with E-state index in [9.17, 15) is 22.0 Å². The summed E-state index contributed by atoms with van der Waals surface area (Å²) in [6.07, 6.45) is 0. The Morgan fingerprint density at radius 3 is 2.07 bits per heavy atom. The molecule has 2 N–H and O–H groups in total. The Kier molecular flexibility index (Phi) is 5.79. The van der Waals surface area contributed by atoms with Gasteiger partial charge in [0.2, 0.25) is 0 Å². The summed E-state index contributed by atoms with van der Waals surface area (Å²) in [6, 6.07) is 14.5. The summed E-state index contributed by atoms with van der Waals surface area (Å²) in [7, 11) is -2.33. The van der Waals surface area contributed by atoms with Gasteiger partial charge in [-0.05, 0) is 60.7 Å². The Balaban J connectivity index is 1.70. The van der Waals surface area contributed by atoms with E-state index >= 15 is 0 Å². The van der Waals surface area contributed by atoms with Crippen LogP contribution < -0.4 is 14.8 Å². The minimum atomic E-state index is -3.81. The van der Waals surface area contributed by atoms with Crippen molar-refractivity contribution in [3.05, 3.63) is 83.9 Å². The first-order chi connectivity index (χ1) is 13.8. The fourth-order valence-corrected chi connectivity index (χ4v) is 3.49. The summed E-state index contributed by atoms with van der Waals surface area (Å²) in [4.78, 5) is 12.3. The van der Waals surface area contributed by atoms with Crippen molar-refractivity contribution in [3.63, 3.8) is 0 Å². The van der Waals surface area contributed by atoms with Crippen molar-refractivity contribution in [2.75, 3.05) is 17.1 Å². The van der Waals surface area contributed by atoms with E-state index in [1.54, 1.807) is 0 Å². The SMILES string of the molecule is COc1ccc(S(=O)(=O)Nc2ccc(C(=O)Nc3ccc(F)c(F)c3)cc2)cc1. The molecule has 6 nitrogen and oxygen atoms in total. The highest BCUT2D eigenvalue weighted by atomic mass is 32.2. The average molecular weight is 418 g/mol. The number of carbonyl (C=O) groups excluding carboxylic acids is 1. The second-order valence-electron chi connectivity index (χ2n) is 5.94. The zero-order valence-corrected chi connectivity index (χ0v) is 16.0. The lowest BCUT2D eigenvalue weighted by Gasteiger charge is -2.10. The lowest BCUT2D eigenvalue weighted by Crippen LogP contribution is -2.14. The maximum Gasteiger partial charge on any atom is 0.261 e. The number of sulfonamides is 1. The molecule has 0 aliphatic carbocycles. The van der Waals surface area contributed by atoms with E-state index in [-0.39, 0.29) is 21.8 Å². The molecular formula is C20H16F2N2O4S. The molecule has 0 radical (unpaired) electrons. The molecule has 0 spiro atoms. The summed E-state index contributed by atoms with van der Waals surface area (Å²) in [6.45, 7) is 0. The number of hydrogen-bond acceptors (Lipinski definition) is 4. The van der Waals surface area contributed by atoms with Crippen molar-refractivity contribution >= 4 is 27.3 Å². The molecule has 0 aromatic heterocycles. The highest BCUT2D eigenvalue weighted by molar-refractivity contribution is 7.92. The van der Waals surface area contributed by atoms with E-state index < -0.39 is 27.6 Å². The number of rotatable bonds is 6. The van der Waals surface area contributed by atoms with Gasteiger partial charge in [0.15, 0.2) is 11.6 Å². The molecule has 3 aromatic carbocycles. The number of methoxy groups -OCH3 is 1. The van der Waals surface area contributed by atoms with E-state index in [1.807, 2.05) is 0 Å². The van der Waals surface area contributed by atoms with Gasteiger partial charge in [0.25, 0.3) is 15.9 Å². The van der Waals surface area contributed by atoms with Crippen LogP contribution in [0.25, 0.3) is 0 Å². The molecule has 29 heavy (non-hydrogen) atoms. The lowest BCUT2D eigenvalue weighted by molar-refractivity contribution is 0.102. The Morgan fingerprint density at radius 2 is 1.48 bits per heavy atom. The number of benzene rings is 3. The molecule has 3 aromatic rings. The maximum atomic E-state index is 13.2. The lowest BCUT2D eigenvalue weighted by atomic mass is 10.2. The second-order valence-corrected chi connectivity index (χ2v) is 7.62. The Labute approximate surface area is 166 Å². The van der Waals surface area contributed by atoms with Crippen LogP contribution in [0.4, 0.5) is 20.2 Å². The number of nitrogens with one attached hydrogen (secondary N) is 2. The normalized spacial score (nSPS) is 11.0. The van der Waals surface area contributed by atoms with E-state index in [2.05, 4.69) is 10.0 Å². The van der Waals surface area contributed by atoms with Crippen molar-refractivity contribution in [2.45, 2.75) is 4.90 Å². The highest BCUT2D eigenvalue weighted by Gasteiger charge is 2.15. The second kappa shape index (κ2) is 8.27. The Morgan fingerprint density at radius 1 is 0.862 bits per heavy atom. The third-order valence-corrected chi connectivity index (χ3v) is 5.34. The molecule has 0 fully saturated rings. The van der Waals surface area contributed by atoms with Crippen LogP contribution in [-0.4, -0.2) is 21.4 Å². The van der Waals surface area contributed by atoms with Crippen molar-refractivity contribution in [2.24, 2.45) is 0 Å². The molecule has 0 atom stereocenters. The number of ether oxygens (including phenoxy) is 1. The Bertz CT molecular complexity index is 1130. The predicted molar refractivity (Wildman–Crippen MR) is 105 cm³/mol. The van der Waals surface area contributed by atoms with Gasteiger partial charge in [-0.2, -0.15) is 0 Å².